The van der Waals surface area contributed by atoms with Crippen LogP contribution in [0.25, 0.3) is 0 Å². The second kappa shape index (κ2) is 4.45. The number of allylic oxidation sites excluding steroid dienone is 2. The molecule has 0 unspecified atom stereocenters. The zero-order chi connectivity index (χ0) is 9.73. The number of carboxylic acids is 1. The molecule has 0 bridgehead atoms. The number of hydrogen-bond donors (Lipinski definition) is 1. The summed E-state index contributed by atoms with van der Waals surface area (Å²) in [5.41, 5.74) is -0.440. The quantitative estimate of drug-likeness (QED) is 0.681. The molecule has 0 heterocycles. The highest BCUT2D eigenvalue weighted by Gasteiger charge is 2.38. The molecule has 0 atom stereocenters. The number of carboxylic acid groups (broad SMARTS) is 1. The van der Waals surface area contributed by atoms with Gasteiger partial charge in [-0.1, -0.05) is 31.4 Å². The minimum atomic E-state index is -0.606. The van der Waals surface area contributed by atoms with Crippen molar-refractivity contribution >= 4 is 5.97 Å². The van der Waals surface area contributed by atoms with Crippen molar-refractivity contribution in [3.05, 3.63) is 12.2 Å². The van der Waals surface area contributed by atoms with Crippen molar-refractivity contribution in [2.75, 3.05) is 0 Å². The first kappa shape index (κ1) is 10.3. The summed E-state index contributed by atoms with van der Waals surface area (Å²) in [5, 5.41) is 9.18. The summed E-state index contributed by atoms with van der Waals surface area (Å²) in [5.74, 6) is -0.606. The molecule has 1 saturated carbocycles. The van der Waals surface area contributed by atoms with E-state index in [0.717, 1.165) is 25.7 Å². The lowest BCUT2D eigenvalue weighted by Gasteiger charge is -2.32. The van der Waals surface area contributed by atoms with Crippen molar-refractivity contribution in [2.24, 2.45) is 5.41 Å². The molecule has 0 saturated heterocycles. The lowest BCUT2D eigenvalue weighted by atomic mass is 9.72. The van der Waals surface area contributed by atoms with Crippen LogP contribution in [0.5, 0.6) is 0 Å². The summed E-state index contributed by atoms with van der Waals surface area (Å²) in [7, 11) is 0. The first-order valence-electron chi connectivity index (χ1n) is 5.06. The van der Waals surface area contributed by atoms with Crippen LogP contribution >= 0.6 is 0 Å². The van der Waals surface area contributed by atoms with Crippen LogP contribution in [-0.2, 0) is 4.79 Å². The summed E-state index contributed by atoms with van der Waals surface area (Å²) in [6.45, 7) is 1.94. The summed E-state index contributed by atoms with van der Waals surface area (Å²) >= 11 is 0. The van der Waals surface area contributed by atoms with Crippen molar-refractivity contribution in [3.8, 4) is 0 Å². The van der Waals surface area contributed by atoms with E-state index in [1.165, 1.54) is 6.42 Å². The Morgan fingerprint density at radius 2 is 2.00 bits per heavy atom. The van der Waals surface area contributed by atoms with Gasteiger partial charge in [0.2, 0.25) is 0 Å². The Labute approximate surface area is 79.6 Å². The van der Waals surface area contributed by atoms with Gasteiger partial charge in [-0.25, -0.2) is 0 Å². The molecular weight excluding hydrogens is 164 g/mol. The molecule has 1 fully saturated rings. The molecule has 0 aliphatic heterocycles. The van der Waals surface area contributed by atoms with E-state index in [4.69, 9.17) is 0 Å². The fourth-order valence-electron chi connectivity index (χ4n) is 2.08. The molecule has 1 rings (SSSR count). The minimum Gasteiger partial charge on any atom is -0.481 e. The van der Waals surface area contributed by atoms with Gasteiger partial charge in [0.25, 0.3) is 0 Å². The van der Waals surface area contributed by atoms with Crippen LogP contribution in [0.2, 0.25) is 0 Å². The van der Waals surface area contributed by atoms with Crippen LogP contribution in [0.4, 0.5) is 0 Å². The van der Waals surface area contributed by atoms with Gasteiger partial charge >= 0.3 is 5.97 Å². The number of carbonyl (C=O) groups is 1. The Morgan fingerprint density at radius 3 is 2.46 bits per heavy atom. The van der Waals surface area contributed by atoms with Gasteiger partial charge in [0.15, 0.2) is 0 Å². The molecule has 2 heteroatoms. The zero-order valence-electron chi connectivity index (χ0n) is 8.25. The number of rotatable bonds is 3. The van der Waals surface area contributed by atoms with Gasteiger partial charge in [0, 0.05) is 0 Å². The fourth-order valence-corrected chi connectivity index (χ4v) is 2.08. The third-order valence-electron chi connectivity index (χ3n) is 3.01. The van der Waals surface area contributed by atoms with Gasteiger partial charge in [-0.15, -0.1) is 0 Å². The molecule has 0 aromatic heterocycles. The fraction of sp³-hybridized carbons (Fsp3) is 0.727. The third-order valence-corrected chi connectivity index (χ3v) is 3.01. The Bertz CT molecular complexity index is 200. The van der Waals surface area contributed by atoms with Gasteiger partial charge in [0.05, 0.1) is 5.41 Å². The average Bonchev–Trinajstić information content (AvgIpc) is 2.16. The van der Waals surface area contributed by atoms with Crippen LogP contribution in [0, 0.1) is 5.41 Å². The Hall–Kier alpha value is -0.790. The Morgan fingerprint density at radius 1 is 1.38 bits per heavy atom. The molecule has 0 amide bonds. The molecule has 0 spiro atoms. The predicted molar refractivity (Wildman–Crippen MR) is 52.6 cm³/mol. The molecule has 1 aliphatic carbocycles. The third kappa shape index (κ3) is 2.33. The van der Waals surface area contributed by atoms with Crippen LogP contribution < -0.4 is 0 Å². The smallest absolute Gasteiger partial charge is 0.309 e. The highest BCUT2D eigenvalue weighted by atomic mass is 16.4. The maximum absolute atomic E-state index is 11.1. The van der Waals surface area contributed by atoms with Crippen molar-refractivity contribution in [2.45, 2.75) is 45.4 Å². The largest absolute Gasteiger partial charge is 0.481 e. The Balaban J connectivity index is 2.67. The molecule has 0 radical (unpaired) electrons. The maximum Gasteiger partial charge on any atom is 0.309 e. The highest BCUT2D eigenvalue weighted by Crippen LogP contribution is 2.39. The number of hydrogen-bond acceptors (Lipinski definition) is 1. The van der Waals surface area contributed by atoms with E-state index in [-0.39, 0.29) is 0 Å². The van der Waals surface area contributed by atoms with E-state index in [2.05, 4.69) is 0 Å². The standard InChI is InChI=1S/C11H18O2/c1-2-3-7-11(10(12)13)8-5-4-6-9-11/h2-3H,4-9H2,1H3,(H,12,13). The zero-order valence-corrected chi connectivity index (χ0v) is 8.25. The second-order valence-electron chi connectivity index (χ2n) is 3.92. The topological polar surface area (TPSA) is 37.3 Å². The lowest BCUT2D eigenvalue weighted by Crippen LogP contribution is -2.32. The highest BCUT2D eigenvalue weighted by molar-refractivity contribution is 5.75. The molecular formula is C11H18O2. The Kier molecular flexibility index (Phi) is 3.52. The van der Waals surface area contributed by atoms with Crippen molar-refractivity contribution < 1.29 is 9.90 Å². The minimum absolute atomic E-state index is 0.440. The lowest BCUT2D eigenvalue weighted by molar-refractivity contribution is -0.150. The van der Waals surface area contributed by atoms with Crippen molar-refractivity contribution in [3.63, 3.8) is 0 Å². The van der Waals surface area contributed by atoms with Crippen molar-refractivity contribution in [1.29, 1.82) is 0 Å². The first-order valence-corrected chi connectivity index (χ1v) is 5.06. The second-order valence-corrected chi connectivity index (χ2v) is 3.92. The summed E-state index contributed by atoms with van der Waals surface area (Å²) in [6, 6.07) is 0. The van der Waals surface area contributed by atoms with Gasteiger partial charge < -0.3 is 5.11 Å². The van der Waals surface area contributed by atoms with Gasteiger partial charge in [0.1, 0.15) is 0 Å². The predicted octanol–water partition coefficient (Wildman–Crippen LogP) is 2.99. The average molecular weight is 182 g/mol. The molecule has 1 N–H and O–H groups in total. The molecule has 1 aliphatic rings. The van der Waals surface area contributed by atoms with E-state index in [0.29, 0.717) is 6.42 Å². The monoisotopic (exact) mass is 182 g/mol. The molecule has 0 aromatic carbocycles. The van der Waals surface area contributed by atoms with Crippen LogP contribution in [0.1, 0.15) is 45.4 Å². The summed E-state index contributed by atoms with van der Waals surface area (Å²) in [6.07, 6.45) is 9.69. The molecule has 13 heavy (non-hydrogen) atoms. The number of aliphatic carboxylic acids is 1. The molecule has 0 aromatic rings. The maximum atomic E-state index is 11.1. The molecule has 74 valence electrons. The van der Waals surface area contributed by atoms with Gasteiger partial charge in [-0.3, -0.25) is 4.79 Å². The normalized spacial score (nSPS) is 21.9. The van der Waals surface area contributed by atoms with E-state index >= 15 is 0 Å². The van der Waals surface area contributed by atoms with Crippen LogP contribution in [-0.4, -0.2) is 11.1 Å². The summed E-state index contributed by atoms with van der Waals surface area (Å²) < 4.78 is 0. The van der Waals surface area contributed by atoms with E-state index in [9.17, 15) is 9.90 Å². The summed E-state index contributed by atoms with van der Waals surface area (Å²) in [4.78, 5) is 11.1. The van der Waals surface area contributed by atoms with Crippen LogP contribution in [0.15, 0.2) is 12.2 Å². The van der Waals surface area contributed by atoms with Crippen LogP contribution in [0.3, 0.4) is 0 Å². The van der Waals surface area contributed by atoms with Gasteiger partial charge in [-0.05, 0) is 26.2 Å². The van der Waals surface area contributed by atoms with E-state index < -0.39 is 11.4 Å². The first-order chi connectivity index (χ1) is 6.21. The van der Waals surface area contributed by atoms with Gasteiger partial charge in [-0.2, -0.15) is 0 Å². The SMILES string of the molecule is CC=CCC1(C(=O)O)CCCCC1. The van der Waals surface area contributed by atoms with E-state index in [1.807, 2.05) is 19.1 Å². The van der Waals surface area contributed by atoms with E-state index in [1.54, 1.807) is 0 Å². The van der Waals surface area contributed by atoms with Crippen molar-refractivity contribution in [1.82, 2.24) is 0 Å². The molecule has 2 nitrogen and oxygen atoms in total.